The van der Waals surface area contributed by atoms with Gasteiger partial charge >= 0.3 is 0 Å². The number of rotatable bonds is 4. The van der Waals surface area contributed by atoms with Crippen molar-refractivity contribution in [3.63, 3.8) is 0 Å². The van der Waals surface area contributed by atoms with Crippen molar-refractivity contribution >= 4 is 17.2 Å². The molecule has 4 nitrogen and oxygen atoms in total. The first kappa shape index (κ1) is 16.6. The molecular formula is C18H17ClFN3O. The zero-order chi connectivity index (χ0) is 17.3. The molecule has 2 aromatic heterocycles. The third-order valence-corrected chi connectivity index (χ3v) is 4.33. The standard InChI is InChI=1S/C18H17ClFN3O/c1-12(13-3-6-15(20)7-4-13)22(2)11-16-9-18(24)23-10-14(19)5-8-17(23)21-16/h3-10,12H,11H2,1-2H3/t12-/m1/s1. The maximum Gasteiger partial charge on any atom is 0.258 e. The van der Waals surface area contributed by atoms with Crippen molar-refractivity contribution in [3.05, 3.63) is 81.1 Å². The van der Waals surface area contributed by atoms with Crippen molar-refractivity contribution in [2.45, 2.75) is 19.5 Å². The summed E-state index contributed by atoms with van der Waals surface area (Å²) in [5, 5.41) is 0.487. The minimum Gasteiger partial charge on any atom is -0.294 e. The Hall–Kier alpha value is -2.24. The van der Waals surface area contributed by atoms with Crippen LogP contribution in [0, 0.1) is 5.82 Å². The van der Waals surface area contributed by atoms with Crippen LogP contribution in [-0.4, -0.2) is 21.3 Å². The van der Waals surface area contributed by atoms with Crippen molar-refractivity contribution in [1.82, 2.24) is 14.3 Å². The fraction of sp³-hybridized carbons (Fsp3) is 0.222. The molecule has 0 fully saturated rings. The van der Waals surface area contributed by atoms with Gasteiger partial charge in [0.1, 0.15) is 11.5 Å². The Kier molecular flexibility index (Phi) is 4.64. The van der Waals surface area contributed by atoms with Crippen LogP contribution in [0.1, 0.15) is 24.2 Å². The van der Waals surface area contributed by atoms with Gasteiger partial charge in [-0.05, 0) is 43.8 Å². The van der Waals surface area contributed by atoms with Crippen LogP contribution >= 0.6 is 11.6 Å². The molecule has 3 aromatic rings. The van der Waals surface area contributed by atoms with Crippen LogP contribution in [0.4, 0.5) is 4.39 Å². The Morgan fingerprint density at radius 2 is 1.96 bits per heavy atom. The van der Waals surface area contributed by atoms with Crippen LogP contribution in [0.5, 0.6) is 0 Å². The number of pyridine rings is 1. The van der Waals surface area contributed by atoms with Gasteiger partial charge in [-0.15, -0.1) is 0 Å². The second-order valence-corrected chi connectivity index (χ2v) is 6.24. The molecule has 0 saturated carbocycles. The normalized spacial score (nSPS) is 12.7. The van der Waals surface area contributed by atoms with E-state index in [2.05, 4.69) is 9.88 Å². The van der Waals surface area contributed by atoms with E-state index in [9.17, 15) is 9.18 Å². The number of benzene rings is 1. The van der Waals surface area contributed by atoms with Crippen molar-refractivity contribution in [1.29, 1.82) is 0 Å². The molecule has 24 heavy (non-hydrogen) atoms. The molecule has 0 aliphatic heterocycles. The molecule has 0 bridgehead atoms. The summed E-state index contributed by atoms with van der Waals surface area (Å²) in [5.74, 6) is -0.253. The molecule has 0 aliphatic carbocycles. The fourth-order valence-electron chi connectivity index (χ4n) is 2.60. The van der Waals surface area contributed by atoms with E-state index >= 15 is 0 Å². The Morgan fingerprint density at radius 1 is 1.25 bits per heavy atom. The molecule has 124 valence electrons. The van der Waals surface area contributed by atoms with Crippen molar-refractivity contribution in [2.24, 2.45) is 0 Å². The largest absolute Gasteiger partial charge is 0.294 e. The van der Waals surface area contributed by atoms with Crippen LogP contribution in [0.3, 0.4) is 0 Å². The van der Waals surface area contributed by atoms with Gasteiger partial charge in [0.2, 0.25) is 0 Å². The summed E-state index contributed by atoms with van der Waals surface area (Å²) in [6.07, 6.45) is 1.56. The molecule has 0 amide bonds. The predicted molar refractivity (Wildman–Crippen MR) is 92.8 cm³/mol. The van der Waals surface area contributed by atoms with Crippen molar-refractivity contribution in [2.75, 3.05) is 7.05 Å². The molecule has 6 heteroatoms. The first-order valence-corrected chi connectivity index (χ1v) is 7.95. The van der Waals surface area contributed by atoms with E-state index < -0.39 is 0 Å². The van der Waals surface area contributed by atoms with Crippen molar-refractivity contribution in [3.8, 4) is 0 Å². The van der Waals surface area contributed by atoms with E-state index in [-0.39, 0.29) is 17.4 Å². The van der Waals surface area contributed by atoms with Crippen LogP contribution in [0.2, 0.25) is 5.02 Å². The van der Waals surface area contributed by atoms with E-state index in [1.807, 2.05) is 14.0 Å². The topological polar surface area (TPSA) is 37.6 Å². The van der Waals surface area contributed by atoms with E-state index in [0.29, 0.717) is 22.9 Å². The summed E-state index contributed by atoms with van der Waals surface area (Å²) in [6, 6.07) is 11.4. The van der Waals surface area contributed by atoms with E-state index in [1.54, 1.807) is 30.5 Å². The second-order valence-electron chi connectivity index (χ2n) is 5.80. The molecule has 1 aromatic carbocycles. The number of halogens is 2. The first-order valence-electron chi connectivity index (χ1n) is 7.57. The van der Waals surface area contributed by atoms with Gasteiger partial charge in [-0.1, -0.05) is 23.7 Å². The van der Waals surface area contributed by atoms with E-state index in [1.165, 1.54) is 22.6 Å². The zero-order valence-electron chi connectivity index (χ0n) is 13.4. The highest BCUT2D eigenvalue weighted by Crippen LogP contribution is 2.20. The fourth-order valence-corrected chi connectivity index (χ4v) is 2.76. The van der Waals surface area contributed by atoms with E-state index in [4.69, 9.17) is 11.6 Å². The summed E-state index contributed by atoms with van der Waals surface area (Å²) < 4.78 is 14.5. The third kappa shape index (κ3) is 3.47. The van der Waals surface area contributed by atoms with Crippen LogP contribution in [-0.2, 0) is 6.54 Å². The molecule has 0 spiro atoms. The molecule has 0 N–H and O–H groups in total. The molecule has 1 atom stereocenters. The van der Waals surface area contributed by atoms with Gasteiger partial charge in [0.05, 0.1) is 10.7 Å². The van der Waals surface area contributed by atoms with Gasteiger partial charge < -0.3 is 0 Å². The van der Waals surface area contributed by atoms with Crippen LogP contribution < -0.4 is 5.56 Å². The van der Waals surface area contributed by atoms with Crippen molar-refractivity contribution < 1.29 is 4.39 Å². The van der Waals surface area contributed by atoms with Gasteiger partial charge in [-0.2, -0.15) is 0 Å². The molecular weight excluding hydrogens is 329 g/mol. The smallest absolute Gasteiger partial charge is 0.258 e. The predicted octanol–water partition coefficient (Wildman–Crippen LogP) is 3.68. The number of fused-ring (bicyclic) bond motifs is 1. The minimum atomic E-state index is -0.253. The van der Waals surface area contributed by atoms with E-state index in [0.717, 1.165) is 5.56 Å². The summed E-state index contributed by atoms with van der Waals surface area (Å²) in [6.45, 7) is 2.54. The number of aromatic nitrogens is 2. The second kappa shape index (κ2) is 6.71. The lowest BCUT2D eigenvalue weighted by atomic mass is 10.1. The van der Waals surface area contributed by atoms with Gasteiger partial charge in [0, 0.05) is 24.8 Å². The quantitative estimate of drug-likeness (QED) is 0.724. The Balaban J connectivity index is 1.84. The van der Waals surface area contributed by atoms with Gasteiger partial charge in [-0.3, -0.25) is 14.1 Å². The Labute approximate surface area is 144 Å². The third-order valence-electron chi connectivity index (χ3n) is 4.10. The van der Waals surface area contributed by atoms with Crippen LogP contribution in [0.25, 0.3) is 5.65 Å². The molecule has 0 aliphatic rings. The average Bonchev–Trinajstić information content (AvgIpc) is 2.55. The average molecular weight is 346 g/mol. The summed E-state index contributed by atoms with van der Waals surface area (Å²) in [7, 11) is 1.94. The monoisotopic (exact) mass is 345 g/mol. The molecule has 0 unspecified atom stereocenters. The highest BCUT2D eigenvalue weighted by Gasteiger charge is 2.13. The summed E-state index contributed by atoms with van der Waals surface area (Å²) in [5.41, 5.74) is 2.08. The number of nitrogens with zero attached hydrogens (tertiary/aromatic N) is 3. The van der Waals surface area contributed by atoms with Gasteiger partial charge in [0.25, 0.3) is 5.56 Å². The summed E-state index contributed by atoms with van der Waals surface area (Å²) in [4.78, 5) is 18.8. The number of hydrogen-bond acceptors (Lipinski definition) is 3. The lowest BCUT2D eigenvalue weighted by molar-refractivity contribution is 0.250. The van der Waals surface area contributed by atoms with Crippen LogP contribution in [0.15, 0.2) is 53.5 Å². The maximum absolute atomic E-state index is 13.0. The first-order chi connectivity index (χ1) is 11.4. The highest BCUT2D eigenvalue weighted by atomic mass is 35.5. The molecule has 3 rings (SSSR count). The summed E-state index contributed by atoms with van der Waals surface area (Å²) >= 11 is 5.91. The molecule has 0 saturated heterocycles. The van der Waals surface area contributed by atoms with Gasteiger partial charge in [-0.25, -0.2) is 9.37 Å². The highest BCUT2D eigenvalue weighted by molar-refractivity contribution is 6.30. The lowest BCUT2D eigenvalue weighted by Crippen LogP contribution is -2.24. The Morgan fingerprint density at radius 3 is 2.67 bits per heavy atom. The zero-order valence-corrected chi connectivity index (χ0v) is 14.2. The minimum absolute atomic E-state index is 0.0658. The SMILES string of the molecule is C[C@H](c1ccc(F)cc1)N(C)Cc1cc(=O)n2cc(Cl)ccc2n1. The number of hydrogen-bond donors (Lipinski definition) is 0. The maximum atomic E-state index is 13.0. The molecule has 2 heterocycles. The Bertz CT molecular complexity index is 924. The van der Waals surface area contributed by atoms with Gasteiger partial charge in [0.15, 0.2) is 0 Å². The lowest BCUT2D eigenvalue weighted by Gasteiger charge is -2.24. The molecule has 0 radical (unpaired) electrons.